The number of nitrogens with zero attached hydrogens (tertiary/aromatic N) is 3. The van der Waals surface area contributed by atoms with Crippen molar-refractivity contribution in [2.75, 3.05) is 12.8 Å². The molecule has 78 valence electrons. The summed E-state index contributed by atoms with van der Waals surface area (Å²) in [6.07, 6.45) is 0. The molecule has 2 aromatic heterocycles. The summed E-state index contributed by atoms with van der Waals surface area (Å²) >= 11 is 3.05. The first-order chi connectivity index (χ1) is 7.28. The van der Waals surface area contributed by atoms with E-state index in [1.807, 2.05) is 17.5 Å². The maximum absolute atomic E-state index is 5.51. The van der Waals surface area contributed by atoms with E-state index in [1.54, 1.807) is 11.3 Å². The number of methoxy groups -OCH3 is 1. The summed E-state index contributed by atoms with van der Waals surface area (Å²) in [5.74, 6) is 0.168. The minimum atomic E-state index is 0.168. The Morgan fingerprint density at radius 3 is 2.93 bits per heavy atom. The largest absolute Gasteiger partial charge is 0.467 e. The Kier molecular flexibility index (Phi) is 3.02. The highest BCUT2D eigenvalue weighted by atomic mass is 32.2. The zero-order valence-corrected chi connectivity index (χ0v) is 9.51. The molecule has 2 N–H and O–H groups in total. The van der Waals surface area contributed by atoms with Gasteiger partial charge in [0.25, 0.3) is 0 Å². The first-order valence-electron chi connectivity index (χ1n) is 4.05. The summed E-state index contributed by atoms with van der Waals surface area (Å²) in [4.78, 5) is 11.9. The number of hydrogen-bond donors (Lipinski definition) is 1. The average Bonchev–Trinajstić information content (AvgIpc) is 2.69. The van der Waals surface area contributed by atoms with E-state index in [2.05, 4.69) is 15.0 Å². The first-order valence-corrected chi connectivity index (χ1v) is 5.74. The van der Waals surface area contributed by atoms with Gasteiger partial charge in [-0.15, -0.1) is 11.3 Å². The van der Waals surface area contributed by atoms with Crippen LogP contribution < -0.4 is 10.5 Å². The molecule has 0 radical (unpaired) electrons. The zero-order valence-electron chi connectivity index (χ0n) is 7.88. The summed E-state index contributed by atoms with van der Waals surface area (Å²) in [6.45, 7) is 0. The van der Waals surface area contributed by atoms with E-state index in [0.717, 1.165) is 4.21 Å². The molecule has 0 spiro atoms. The van der Waals surface area contributed by atoms with Crippen LogP contribution in [0, 0.1) is 0 Å². The van der Waals surface area contributed by atoms with E-state index in [4.69, 9.17) is 10.5 Å². The fourth-order valence-electron chi connectivity index (χ4n) is 0.901. The van der Waals surface area contributed by atoms with Gasteiger partial charge in [0.15, 0.2) is 0 Å². The lowest BCUT2D eigenvalue weighted by Gasteiger charge is -2.01. The van der Waals surface area contributed by atoms with Crippen molar-refractivity contribution in [1.29, 1.82) is 0 Å². The Balaban J connectivity index is 2.24. The second-order valence-corrected chi connectivity index (χ2v) is 4.71. The predicted octanol–water partition coefficient (Wildman–Crippen LogP) is 1.68. The number of anilines is 1. The van der Waals surface area contributed by atoms with Gasteiger partial charge in [-0.25, -0.2) is 0 Å². The van der Waals surface area contributed by atoms with Crippen molar-refractivity contribution >= 4 is 29.0 Å². The number of thiophene rings is 1. The average molecular weight is 240 g/mol. The van der Waals surface area contributed by atoms with E-state index >= 15 is 0 Å². The zero-order chi connectivity index (χ0) is 10.7. The van der Waals surface area contributed by atoms with Crippen LogP contribution in [0.4, 0.5) is 5.95 Å². The lowest BCUT2D eigenvalue weighted by atomic mass is 10.7. The SMILES string of the molecule is COc1nc(N)nc(Sc2cccs2)n1. The number of nitrogens with two attached hydrogens (primary N) is 1. The molecule has 0 saturated carbocycles. The molecule has 15 heavy (non-hydrogen) atoms. The van der Waals surface area contributed by atoms with Crippen LogP contribution in [0.25, 0.3) is 0 Å². The Morgan fingerprint density at radius 1 is 1.40 bits per heavy atom. The molecule has 0 saturated heterocycles. The molecule has 0 bridgehead atoms. The Hall–Kier alpha value is -1.34. The van der Waals surface area contributed by atoms with E-state index in [-0.39, 0.29) is 12.0 Å². The van der Waals surface area contributed by atoms with Crippen LogP contribution >= 0.6 is 23.1 Å². The number of nitrogen functional groups attached to an aromatic ring is 1. The van der Waals surface area contributed by atoms with E-state index in [1.165, 1.54) is 18.9 Å². The Labute approximate surface area is 94.7 Å². The van der Waals surface area contributed by atoms with Gasteiger partial charge in [0.1, 0.15) is 0 Å². The topological polar surface area (TPSA) is 73.9 Å². The molecule has 7 heteroatoms. The van der Waals surface area contributed by atoms with Crippen LogP contribution in [0.1, 0.15) is 0 Å². The van der Waals surface area contributed by atoms with Crippen LogP contribution in [0.15, 0.2) is 26.9 Å². The Bertz CT molecular complexity index is 446. The van der Waals surface area contributed by atoms with Gasteiger partial charge < -0.3 is 10.5 Å². The smallest absolute Gasteiger partial charge is 0.321 e. The normalized spacial score (nSPS) is 10.2. The van der Waals surface area contributed by atoms with Crippen molar-refractivity contribution in [3.05, 3.63) is 17.5 Å². The van der Waals surface area contributed by atoms with E-state index in [9.17, 15) is 0 Å². The third-order valence-electron chi connectivity index (χ3n) is 1.48. The van der Waals surface area contributed by atoms with Gasteiger partial charge in [-0.05, 0) is 23.2 Å². The van der Waals surface area contributed by atoms with Gasteiger partial charge in [0, 0.05) is 0 Å². The Morgan fingerprint density at radius 2 is 2.27 bits per heavy atom. The summed E-state index contributed by atoms with van der Waals surface area (Å²) in [6, 6.07) is 4.19. The lowest BCUT2D eigenvalue weighted by molar-refractivity contribution is 0.374. The molecule has 0 atom stereocenters. The van der Waals surface area contributed by atoms with Crippen molar-refractivity contribution in [1.82, 2.24) is 15.0 Å². The molecule has 2 rings (SSSR count). The molecule has 0 aliphatic rings. The van der Waals surface area contributed by atoms with Crippen LogP contribution in [0.2, 0.25) is 0 Å². The number of hydrogen-bond acceptors (Lipinski definition) is 7. The third-order valence-corrected chi connectivity index (χ3v) is 3.38. The predicted molar refractivity (Wildman–Crippen MR) is 59.2 cm³/mol. The molecule has 0 aromatic carbocycles. The van der Waals surface area contributed by atoms with Crippen LogP contribution in [-0.2, 0) is 0 Å². The highest BCUT2D eigenvalue weighted by molar-refractivity contribution is 8.01. The standard InChI is InChI=1S/C8H8N4OS2/c1-13-7-10-6(9)11-8(12-7)15-5-3-2-4-14-5/h2-4H,1H3,(H2,9,10,11,12). The molecule has 0 fully saturated rings. The van der Waals surface area contributed by atoms with Crippen LogP contribution in [0.3, 0.4) is 0 Å². The molecule has 2 heterocycles. The molecular formula is C8H8N4OS2. The fourth-order valence-corrected chi connectivity index (χ4v) is 2.52. The number of ether oxygens (including phenoxy) is 1. The van der Waals surface area contributed by atoms with E-state index in [0.29, 0.717) is 5.16 Å². The van der Waals surface area contributed by atoms with Gasteiger partial charge in [-0.3, -0.25) is 0 Å². The molecule has 2 aromatic rings. The highest BCUT2D eigenvalue weighted by Gasteiger charge is 2.06. The van der Waals surface area contributed by atoms with Gasteiger partial charge >= 0.3 is 6.01 Å². The summed E-state index contributed by atoms with van der Waals surface area (Å²) in [5, 5.41) is 2.53. The van der Waals surface area contributed by atoms with Gasteiger partial charge in [-0.1, -0.05) is 6.07 Å². The van der Waals surface area contributed by atoms with Crippen molar-refractivity contribution in [3.8, 4) is 6.01 Å². The molecule has 5 nitrogen and oxygen atoms in total. The number of rotatable bonds is 3. The molecule has 0 amide bonds. The summed E-state index contributed by atoms with van der Waals surface area (Å²) in [7, 11) is 1.49. The van der Waals surface area contributed by atoms with Gasteiger partial charge in [-0.2, -0.15) is 15.0 Å². The molecular weight excluding hydrogens is 232 g/mol. The minimum absolute atomic E-state index is 0.168. The monoisotopic (exact) mass is 240 g/mol. The molecule has 0 aliphatic carbocycles. The van der Waals surface area contributed by atoms with Gasteiger partial charge in [0.05, 0.1) is 11.3 Å². The minimum Gasteiger partial charge on any atom is -0.467 e. The second kappa shape index (κ2) is 4.45. The first kappa shape index (κ1) is 10.2. The fraction of sp³-hybridized carbons (Fsp3) is 0.125. The number of aromatic nitrogens is 3. The van der Waals surface area contributed by atoms with Crippen molar-refractivity contribution in [2.24, 2.45) is 0 Å². The third kappa shape index (κ3) is 2.57. The molecule has 0 aliphatic heterocycles. The molecule has 0 unspecified atom stereocenters. The second-order valence-electron chi connectivity index (χ2n) is 2.50. The van der Waals surface area contributed by atoms with Crippen molar-refractivity contribution in [3.63, 3.8) is 0 Å². The van der Waals surface area contributed by atoms with Gasteiger partial charge in [0.2, 0.25) is 11.1 Å². The van der Waals surface area contributed by atoms with E-state index < -0.39 is 0 Å². The van der Waals surface area contributed by atoms with Crippen molar-refractivity contribution in [2.45, 2.75) is 9.37 Å². The quantitative estimate of drug-likeness (QED) is 0.879. The van der Waals surface area contributed by atoms with Crippen LogP contribution in [-0.4, -0.2) is 22.1 Å². The van der Waals surface area contributed by atoms with Crippen molar-refractivity contribution < 1.29 is 4.74 Å². The lowest BCUT2D eigenvalue weighted by Crippen LogP contribution is -2.01. The highest BCUT2D eigenvalue weighted by Crippen LogP contribution is 2.29. The summed E-state index contributed by atoms with van der Waals surface area (Å²) < 4.78 is 6.00. The maximum Gasteiger partial charge on any atom is 0.321 e. The van der Waals surface area contributed by atoms with Crippen LogP contribution in [0.5, 0.6) is 6.01 Å². The maximum atomic E-state index is 5.51. The summed E-state index contributed by atoms with van der Waals surface area (Å²) in [5.41, 5.74) is 5.51.